The van der Waals surface area contributed by atoms with Crippen LogP contribution in [0.2, 0.25) is 0 Å². The highest BCUT2D eigenvalue weighted by molar-refractivity contribution is 5.81. The van der Waals surface area contributed by atoms with Gasteiger partial charge in [0.15, 0.2) is 11.5 Å². The Labute approximate surface area is 99.8 Å². The van der Waals surface area contributed by atoms with Gasteiger partial charge in [0.2, 0.25) is 6.79 Å². The van der Waals surface area contributed by atoms with Crippen molar-refractivity contribution in [1.29, 1.82) is 0 Å². The van der Waals surface area contributed by atoms with E-state index in [1.165, 1.54) is 6.08 Å². The van der Waals surface area contributed by atoms with E-state index in [-0.39, 0.29) is 12.8 Å². The average molecular weight is 234 g/mol. The lowest BCUT2D eigenvalue weighted by molar-refractivity contribution is -0.137. The molecule has 2 rings (SSSR count). The SMILES string of the molecule is CCOC(=O)/C=C/Cc1ccc2c(c1)OCO2. The van der Waals surface area contributed by atoms with Gasteiger partial charge in [0.05, 0.1) is 6.61 Å². The molecule has 1 aromatic carbocycles. The zero-order chi connectivity index (χ0) is 12.1. The highest BCUT2D eigenvalue weighted by Crippen LogP contribution is 2.32. The Balaban J connectivity index is 1.93. The lowest BCUT2D eigenvalue weighted by Gasteiger charge is -1.99. The third-order valence-electron chi connectivity index (χ3n) is 2.33. The number of hydrogen-bond acceptors (Lipinski definition) is 4. The first-order valence-electron chi connectivity index (χ1n) is 5.51. The van der Waals surface area contributed by atoms with E-state index in [0.717, 1.165) is 17.1 Å². The standard InChI is InChI=1S/C13H14O4/c1-2-15-13(14)5-3-4-10-6-7-11-12(8-10)17-9-16-11/h3,5-8H,2,4,9H2,1H3/b5-3+. The minimum Gasteiger partial charge on any atom is -0.463 e. The van der Waals surface area contributed by atoms with Crippen molar-refractivity contribution in [3.63, 3.8) is 0 Å². The monoisotopic (exact) mass is 234 g/mol. The van der Waals surface area contributed by atoms with Crippen LogP contribution in [0.4, 0.5) is 0 Å². The van der Waals surface area contributed by atoms with Crippen LogP contribution >= 0.6 is 0 Å². The molecule has 0 fully saturated rings. The summed E-state index contributed by atoms with van der Waals surface area (Å²) in [6, 6.07) is 5.73. The molecule has 0 aromatic heterocycles. The van der Waals surface area contributed by atoms with E-state index in [0.29, 0.717) is 13.0 Å². The quantitative estimate of drug-likeness (QED) is 0.591. The van der Waals surface area contributed by atoms with Gasteiger partial charge >= 0.3 is 5.97 Å². The van der Waals surface area contributed by atoms with Crippen LogP contribution in [0.1, 0.15) is 12.5 Å². The van der Waals surface area contributed by atoms with Crippen LogP contribution < -0.4 is 9.47 Å². The van der Waals surface area contributed by atoms with Crippen molar-refractivity contribution in [3.8, 4) is 11.5 Å². The van der Waals surface area contributed by atoms with E-state index in [2.05, 4.69) is 0 Å². The Morgan fingerprint density at radius 2 is 2.24 bits per heavy atom. The van der Waals surface area contributed by atoms with Gasteiger partial charge in [-0.05, 0) is 31.0 Å². The number of carbonyl (C=O) groups excluding carboxylic acids is 1. The molecule has 90 valence electrons. The molecule has 0 N–H and O–H groups in total. The highest BCUT2D eigenvalue weighted by Gasteiger charge is 2.12. The Kier molecular flexibility index (Phi) is 3.65. The van der Waals surface area contributed by atoms with Crippen LogP contribution in [0.5, 0.6) is 11.5 Å². The van der Waals surface area contributed by atoms with Gasteiger partial charge in [0, 0.05) is 6.08 Å². The van der Waals surface area contributed by atoms with Crippen LogP contribution in [0, 0.1) is 0 Å². The Morgan fingerprint density at radius 1 is 1.41 bits per heavy atom. The van der Waals surface area contributed by atoms with E-state index >= 15 is 0 Å². The van der Waals surface area contributed by atoms with Crippen molar-refractivity contribution in [2.45, 2.75) is 13.3 Å². The molecule has 0 amide bonds. The number of hydrogen-bond donors (Lipinski definition) is 0. The van der Waals surface area contributed by atoms with E-state index < -0.39 is 0 Å². The summed E-state index contributed by atoms with van der Waals surface area (Å²) >= 11 is 0. The number of carbonyl (C=O) groups is 1. The van der Waals surface area contributed by atoms with Crippen molar-refractivity contribution in [1.82, 2.24) is 0 Å². The number of fused-ring (bicyclic) bond motifs is 1. The molecular formula is C13H14O4. The third kappa shape index (κ3) is 3.00. The summed E-state index contributed by atoms with van der Waals surface area (Å²) in [7, 11) is 0. The lowest BCUT2D eigenvalue weighted by atomic mass is 10.1. The van der Waals surface area contributed by atoms with Gasteiger partial charge < -0.3 is 14.2 Å². The normalized spacial score (nSPS) is 13.0. The molecule has 0 aliphatic carbocycles. The number of rotatable bonds is 4. The first-order valence-corrected chi connectivity index (χ1v) is 5.51. The summed E-state index contributed by atoms with van der Waals surface area (Å²) in [6.45, 7) is 2.45. The Bertz CT molecular complexity index is 437. The average Bonchev–Trinajstić information content (AvgIpc) is 2.76. The third-order valence-corrected chi connectivity index (χ3v) is 2.33. The second-order valence-electron chi connectivity index (χ2n) is 3.55. The molecule has 0 atom stereocenters. The fourth-order valence-corrected chi connectivity index (χ4v) is 1.55. The number of ether oxygens (including phenoxy) is 3. The van der Waals surface area contributed by atoms with Crippen LogP contribution in [-0.4, -0.2) is 19.4 Å². The summed E-state index contributed by atoms with van der Waals surface area (Å²) in [5.74, 6) is 1.21. The predicted octanol–water partition coefficient (Wildman–Crippen LogP) is 2.08. The van der Waals surface area contributed by atoms with Gasteiger partial charge in [-0.2, -0.15) is 0 Å². The van der Waals surface area contributed by atoms with E-state index in [1.54, 1.807) is 13.0 Å². The lowest BCUT2D eigenvalue weighted by Crippen LogP contribution is -1.99. The Hall–Kier alpha value is -1.97. The van der Waals surface area contributed by atoms with Crippen LogP contribution in [0.3, 0.4) is 0 Å². The Morgan fingerprint density at radius 3 is 3.06 bits per heavy atom. The molecule has 0 radical (unpaired) electrons. The molecule has 1 aromatic rings. The topological polar surface area (TPSA) is 44.8 Å². The van der Waals surface area contributed by atoms with Gasteiger partial charge in [-0.15, -0.1) is 0 Å². The molecule has 17 heavy (non-hydrogen) atoms. The maximum Gasteiger partial charge on any atom is 0.330 e. The molecule has 1 aliphatic heterocycles. The summed E-state index contributed by atoms with van der Waals surface area (Å²) in [5, 5.41) is 0. The molecule has 1 heterocycles. The van der Waals surface area contributed by atoms with Crippen molar-refractivity contribution in [2.75, 3.05) is 13.4 Å². The van der Waals surface area contributed by atoms with E-state index in [9.17, 15) is 4.79 Å². The van der Waals surface area contributed by atoms with Crippen molar-refractivity contribution in [2.24, 2.45) is 0 Å². The van der Waals surface area contributed by atoms with Crippen LogP contribution in [-0.2, 0) is 16.0 Å². The summed E-state index contributed by atoms with van der Waals surface area (Å²) in [6.07, 6.45) is 3.87. The zero-order valence-electron chi connectivity index (χ0n) is 9.64. The van der Waals surface area contributed by atoms with Crippen molar-refractivity contribution in [3.05, 3.63) is 35.9 Å². The van der Waals surface area contributed by atoms with Gasteiger partial charge in [-0.3, -0.25) is 0 Å². The summed E-state index contributed by atoms with van der Waals surface area (Å²) in [4.78, 5) is 11.1. The number of benzene rings is 1. The molecule has 0 saturated carbocycles. The maximum absolute atomic E-state index is 11.1. The van der Waals surface area contributed by atoms with Gasteiger partial charge in [0.1, 0.15) is 0 Å². The minimum absolute atomic E-state index is 0.275. The molecule has 0 unspecified atom stereocenters. The largest absolute Gasteiger partial charge is 0.463 e. The minimum atomic E-state index is -0.312. The molecule has 0 bridgehead atoms. The fraction of sp³-hybridized carbons (Fsp3) is 0.308. The number of allylic oxidation sites excluding steroid dienone is 1. The van der Waals surface area contributed by atoms with Gasteiger partial charge in [0.25, 0.3) is 0 Å². The van der Waals surface area contributed by atoms with Gasteiger partial charge in [-0.1, -0.05) is 12.1 Å². The molecule has 4 nitrogen and oxygen atoms in total. The highest BCUT2D eigenvalue weighted by atomic mass is 16.7. The summed E-state index contributed by atoms with van der Waals surface area (Å²) < 4.78 is 15.3. The van der Waals surface area contributed by atoms with E-state index in [4.69, 9.17) is 14.2 Å². The smallest absolute Gasteiger partial charge is 0.330 e. The van der Waals surface area contributed by atoms with Crippen LogP contribution in [0.25, 0.3) is 0 Å². The first kappa shape index (κ1) is 11.5. The summed E-state index contributed by atoms with van der Waals surface area (Å²) in [5.41, 5.74) is 1.06. The molecular weight excluding hydrogens is 220 g/mol. The van der Waals surface area contributed by atoms with E-state index in [1.807, 2.05) is 18.2 Å². The first-order chi connectivity index (χ1) is 8.29. The maximum atomic E-state index is 11.1. The molecule has 1 aliphatic rings. The molecule has 4 heteroatoms. The molecule has 0 spiro atoms. The zero-order valence-corrected chi connectivity index (χ0v) is 9.64. The predicted molar refractivity (Wildman–Crippen MR) is 62.0 cm³/mol. The van der Waals surface area contributed by atoms with Gasteiger partial charge in [-0.25, -0.2) is 4.79 Å². The van der Waals surface area contributed by atoms with Crippen molar-refractivity contribution >= 4 is 5.97 Å². The second-order valence-corrected chi connectivity index (χ2v) is 3.55. The van der Waals surface area contributed by atoms with Crippen molar-refractivity contribution < 1.29 is 19.0 Å². The fourth-order valence-electron chi connectivity index (χ4n) is 1.55. The number of esters is 1. The molecule has 0 saturated heterocycles. The van der Waals surface area contributed by atoms with Crippen LogP contribution in [0.15, 0.2) is 30.4 Å². The second kappa shape index (κ2) is 5.39.